The van der Waals surface area contributed by atoms with Gasteiger partial charge in [0.25, 0.3) is 0 Å². The predicted octanol–water partition coefficient (Wildman–Crippen LogP) is 16.3. The van der Waals surface area contributed by atoms with Crippen molar-refractivity contribution in [1.29, 1.82) is 0 Å². The molecule has 0 amide bonds. The first-order chi connectivity index (χ1) is 29.2. The second-order valence-electron chi connectivity index (χ2n) is 15.2. The number of fused-ring (bicyclic) bond motifs is 9. The predicted molar refractivity (Wildman–Crippen MR) is 247 cm³/mol. The molecule has 0 bridgehead atoms. The average Bonchev–Trinajstić information content (AvgIpc) is 3.88. The van der Waals surface area contributed by atoms with Gasteiger partial charge < -0.3 is 13.7 Å². The van der Waals surface area contributed by atoms with Crippen molar-refractivity contribution in [3.8, 4) is 33.4 Å². The van der Waals surface area contributed by atoms with Gasteiger partial charge in [-0.1, -0.05) is 152 Å². The summed E-state index contributed by atoms with van der Waals surface area (Å²) in [5.74, 6) is 0. The first-order valence-electron chi connectivity index (χ1n) is 20.1. The van der Waals surface area contributed by atoms with Crippen LogP contribution < -0.4 is 4.90 Å². The highest BCUT2D eigenvalue weighted by molar-refractivity contribution is 6.18. The van der Waals surface area contributed by atoms with Crippen LogP contribution >= 0.6 is 0 Å². The zero-order valence-corrected chi connectivity index (χ0v) is 32.0. The largest absolute Gasteiger partial charge is 0.456 e. The van der Waals surface area contributed by atoms with Crippen LogP contribution in [0.1, 0.15) is 0 Å². The molecule has 0 atom stereocenters. The minimum absolute atomic E-state index is 0.837. The fourth-order valence-corrected chi connectivity index (χ4v) is 9.09. The maximum Gasteiger partial charge on any atom is 0.137 e. The highest BCUT2D eigenvalue weighted by Gasteiger charge is 2.26. The molecule has 0 unspecified atom stereocenters. The highest BCUT2D eigenvalue weighted by Crippen LogP contribution is 2.50. The fourth-order valence-electron chi connectivity index (χ4n) is 9.09. The lowest BCUT2D eigenvalue weighted by molar-refractivity contribution is 0.668. The molecule has 0 spiro atoms. The van der Waals surface area contributed by atoms with E-state index in [0.29, 0.717) is 0 Å². The zero-order valence-electron chi connectivity index (χ0n) is 32.0. The van der Waals surface area contributed by atoms with E-state index in [-0.39, 0.29) is 0 Å². The molecule has 0 radical (unpaired) electrons. The third-order valence-corrected chi connectivity index (χ3v) is 11.8. The van der Waals surface area contributed by atoms with Crippen LogP contribution in [0.2, 0.25) is 0 Å². The van der Waals surface area contributed by atoms with Gasteiger partial charge >= 0.3 is 0 Å². The number of hydrogen-bond acceptors (Lipinski definition) is 3. The van der Waals surface area contributed by atoms with Crippen molar-refractivity contribution in [2.45, 2.75) is 0 Å². The van der Waals surface area contributed by atoms with E-state index in [1.54, 1.807) is 0 Å². The molecule has 2 aromatic heterocycles. The number of hydrogen-bond donors (Lipinski definition) is 0. The second kappa shape index (κ2) is 13.4. The van der Waals surface area contributed by atoms with E-state index in [1.165, 1.54) is 27.1 Å². The van der Waals surface area contributed by atoms with Crippen molar-refractivity contribution in [2.24, 2.45) is 0 Å². The number of nitrogens with zero attached hydrogens (tertiary/aromatic N) is 1. The maximum atomic E-state index is 6.63. The van der Waals surface area contributed by atoms with Crippen molar-refractivity contribution >= 4 is 82.5 Å². The molecule has 3 nitrogen and oxygen atoms in total. The van der Waals surface area contributed by atoms with Crippen molar-refractivity contribution in [3.05, 3.63) is 212 Å². The topological polar surface area (TPSA) is 29.5 Å². The number of anilines is 3. The first kappa shape index (κ1) is 33.3. The van der Waals surface area contributed by atoms with E-state index >= 15 is 0 Å². The van der Waals surface area contributed by atoms with Crippen LogP contribution in [0.4, 0.5) is 17.1 Å². The van der Waals surface area contributed by atoms with Crippen molar-refractivity contribution in [3.63, 3.8) is 0 Å². The molecule has 12 rings (SSSR count). The SMILES string of the molecule is c1ccc(-c2ccc(N(c3ccc4c(c3)oc3ccccc34)c3ccc4oc5ccccc5c4c3-c3ccc4ccc5ccccc5c4c3)c(-c3ccccc3)c2)cc1. The zero-order chi connectivity index (χ0) is 38.9. The molecular formula is C56H35NO2. The summed E-state index contributed by atoms with van der Waals surface area (Å²) in [7, 11) is 0. The maximum absolute atomic E-state index is 6.63. The number of furan rings is 2. The standard InChI is InChI=1S/C56H35NO2/c1-3-13-36(14-4-1)40-27-30-49(48(33-40)37-15-5-2-6-16-37)57(42-28-29-45-44-19-9-11-21-51(44)59-54(45)35-42)50-31-32-53-56(46-20-10-12-22-52(46)58-53)55(50)41-26-25-39-24-23-38-17-7-8-18-43(38)47(39)34-41/h1-35H. The van der Waals surface area contributed by atoms with Gasteiger partial charge in [-0.05, 0) is 98.4 Å². The van der Waals surface area contributed by atoms with Gasteiger partial charge in [0.1, 0.15) is 22.3 Å². The molecule has 10 aromatic carbocycles. The molecule has 59 heavy (non-hydrogen) atoms. The van der Waals surface area contributed by atoms with Crippen LogP contribution in [0, 0.1) is 0 Å². The second-order valence-corrected chi connectivity index (χ2v) is 15.2. The number of rotatable bonds is 6. The molecule has 276 valence electrons. The lowest BCUT2D eigenvalue weighted by atomic mass is 9.92. The first-order valence-corrected chi connectivity index (χ1v) is 20.1. The third kappa shape index (κ3) is 5.44. The molecular weight excluding hydrogens is 719 g/mol. The van der Waals surface area contributed by atoms with Gasteiger partial charge in [0, 0.05) is 44.4 Å². The molecule has 0 aliphatic rings. The Labute approximate surface area is 340 Å². The van der Waals surface area contributed by atoms with E-state index in [9.17, 15) is 0 Å². The lowest BCUT2D eigenvalue weighted by Crippen LogP contribution is -2.13. The van der Waals surface area contributed by atoms with E-state index < -0.39 is 0 Å². The summed E-state index contributed by atoms with van der Waals surface area (Å²) >= 11 is 0. The van der Waals surface area contributed by atoms with Gasteiger partial charge in [-0.25, -0.2) is 0 Å². The van der Waals surface area contributed by atoms with Gasteiger partial charge in [-0.3, -0.25) is 0 Å². The van der Waals surface area contributed by atoms with Gasteiger partial charge in [0.05, 0.1) is 11.4 Å². The molecule has 0 saturated carbocycles. The minimum Gasteiger partial charge on any atom is -0.456 e. The minimum atomic E-state index is 0.837. The number of para-hydroxylation sites is 2. The Morgan fingerprint density at radius 1 is 0.305 bits per heavy atom. The Bertz CT molecular complexity index is 3560. The van der Waals surface area contributed by atoms with Crippen LogP contribution in [0.5, 0.6) is 0 Å². The Morgan fingerprint density at radius 3 is 1.71 bits per heavy atom. The van der Waals surface area contributed by atoms with E-state index in [0.717, 1.165) is 88.8 Å². The van der Waals surface area contributed by atoms with Gasteiger partial charge in [-0.2, -0.15) is 0 Å². The molecule has 0 N–H and O–H groups in total. The Balaban J connectivity index is 1.21. The number of benzene rings is 10. The lowest BCUT2D eigenvalue weighted by Gasteiger charge is -2.30. The summed E-state index contributed by atoms with van der Waals surface area (Å²) in [5.41, 5.74) is 13.3. The van der Waals surface area contributed by atoms with Gasteiger partial charge in [0.15, 0.2) is 0 Å². The van der Waals surface area contributed by atoms with E-state index in [4.69, 9.17) is 8.83 Å². The fraction of sp³-hybridized carbons (Fsp3) is 0. The Morgan fingerprint density at radius 2 is 0.898 bits per heavy atom. The average molecular weight is 754 g/mol. The van der Waals surface area contributed by atoms with Crippen LogP contribution in [0.15, 0.2) is 221 Å². The van der Waals surface area contributed by atoms with Crippen LogP contribution in [-0.2, 0) is 0 Å². The molecule has 0 fully saturated rings. The van der Waals surface area contributed by atoms with Crippen molar-refractivity contribution in [1.82, 2.24) is 0 Å². The van der Waals surface area contributed by atoms with Gasteiger partial charge in [0.2, 0.25) is 0 Å². The van der Waals surface area contributed by atoms with Crippen molar-refractivity contribution in [2.75, 3.05) is 4.90 Å². The Kier molecular flexibility index (Phi) is 7.54. The highest BCUT2D eigenvalue weighted by atomic mass is 16.3. The smallest absolute Gasteiger partial charge is 0.137 e. The summed E-state index contributed by atoms with van der Waals surface area (Å²) < 4.78 is 13.2. The normalized spacial score (nSPS) is 11.7. The van der Waals surface area contributed by atoms with E-state index in [2.05, 4.69) is 199 Å². The molecule has 0 aliphatic heterocycles. The molecule has 0 saturated heterocycles. The summed E-state index contributed by atoms with van der Waals surface area (Å²) in [6.45, 7) is 0. The molecule has 2 heterocycles. The molecule has 3 heteroatoms. The third-order valence-electron chi connectivity index (χ3n) is 11.8. The summed E-state index contributed by atoms with van der Waals surface area (Å²) in [4.78, 5) is 2.42. The van der Waals surface area contributed by atoms with E-state index in [1.807, 2.05) is 18.2 Å². The molecule has 0 aliphatic carbocycles. The Hall–Kier alpha value is -7.88. The van der Waals surface area contributed by atoms with Crippen LogP contribution in [0.3, 0.4) is 0 Å². The monoisotopic (exact) mass is 753 g/mol. The van der Waals surface area contributed by atoms with Crippen LogP contribution in [-0.4, -0.2) is 0 Å². The summed E-state index contributed by atoms with van der Waals surface area (Å²) in [6, 6.07) is 75.9. The van der Waals surface area contributed by atoms with Crippen molar-refractivity contribution < 1.29 is 8.83 Å². The quantitative estimate of drug-likeness (QED) is 0.158. The van der Waals surface area contributed by atoms with Gasteiger partial charge in [-0.15, -0.1) is 0 Å². The summed E-state index contributed by atoms with van der Waals surface area (Å²) in [5, 5.41) is 9.21. The molecule has 12 aromatic rings. The van der Waals surface area contributed by atoms with Crippen LogP contribution in [0.25, 0.3) is 98.8 Å². The summed E-state index contributed by atoms with van der Waals surface area (Å²) in [6.07, 6.45) is 0.